The molecule has 0 bridgehead atoms. The summed E-state index contributed by atoms with van der Waals surface area (Å²) in [5.74, 6) is -0.179. The number of nitrogens with zero attached hydrogens (tertiary/aromatic N) is 2. The van der Waals surface area contributed by atoms with Crippen molar-refractivity contribution in [3.8, 4) is 5.75 Å². The number of aromatic hydroxyl groups is 1. The third-order valence-corrected chi connectivity index (χ3v) is 8.29. The van der Waals surface area contributed by atoms with Crippen LogP contribution in [0.5, 0.6) is 5.75 Å². The Bertz CT molecular complexity index is 1490. The molecule has 0 radical (unpaired) electrons. The maximum Gasteiger partial charge on any atom is 0.249 e. The largest absolute Gasteiger partial charge is 0.508 e. The number of amides is 2. The first-order chi connectivity index (χ1) is 22.7. The Kier molecular flexibility index (Phi) is 13.9. The Labute approximate surface area is 283 Å². The van der Waals surface area contributed by atoms with Crippen molar-refractivity contribution in [1.29, 1.82) is 5.41 Å². The van der Waals surface area contributed by atoms with Crippen molar-refractivity contribution in [2.24, 2.45) is 17.2 Å². The van der Waals surface area contributed by atoms with E-state index in [4.69, 9.17) is 27.1 Å². The van der Waals surface area contributed by atoms with Crippen LogP contribution in [-0.4, -0.2) is 58.2 Å². The number of unbranched alkanes of at least 4 members (excludes halogenated alkanes) is 1. The van der Waals surface area contributed by atoms with Crippen molar-refractivity contribution >= 4 is 17.8 Å². The zero-order chi connectivity index (χ0) is 35.4. The van der Waals surface area contributed by atoms with E-state index < -0.39 is 29.9 Å². The molecule has 0 aliphatic rings. The van der Waals surface area contributed by atoms with E-state index in [0.717, 1.165) is 28.7 Å². The second-order valence-corrected chi connectivity index (χ2v) is 13.4. The van der Waals surface area contributed by atoms with Crippen molar-refractivity contribution in [2.75, 3.05) is 13.1 Å². The second-order valence-electron chi connectivity index (χ2n) is 13.4. The van der Waals surface area contributed by atoms with E-state index in [9.17, 15) is 14.7 Å². The average molecular weight is 664 g/mol. The maximum atomic E-state index is 14.0. The van der Waals surface area contributed by atoms with E-state index in [1.165, 1.54) is 5.56 Å². The third kappa shape index (κ3) is 11.6. The van der Waals surface area contributed by atoms with Crippen molar-refractivity contribution in [3.63, 3.8) is 0 Å². The first-order valence-electron chi connectivity index (χ1n) is 16.5. The van der Waals surface area contributed by atoms with E-state index in [0.29, 0.717) is 51.0 Å². The molecule has 0 aliphatic heterocycles. The van der Waals surface area contributed by atoms with Crippen LogP contribution in [0.2, 0.25) is 0 Å². The molecule has 0 saturated heterocycles. The molecule has 0 aliphatic carbocycles. The first-order valence-corrected chi connectivity index (χ1v) is 16.5. The molecular formula is C35H53N9O4. The summed E-state index contributed by atoms with van der Waals surface area (Å²) >= 11 is 0. The van der Waals surface area contributed by atoms with Crippen LogP contribution >= 0.6 is 0 Å². The minimum absolute atomic E-state index is 0.0443. The van der Waals surface area contributed by atoms with Crippen LogP contribution in [0.15, 0.2) is 40.9 Å². The number of carbonyl (C=O) groups is 2. The summed E-state index contributed by atoms with van der Waals surface area (Å²) in [7, 11) is 0. The number of nitrogens with one attached hydrogen (secondary N) is 4. The van der Waals surface area contributed by atoms with Crippen LogP contribution in [0, 0.1) is 19.3 Å². The van der Waals surface area contributed by atoms with E-state index >= 15 is 0 Å². The highest BCUT2D eigenvalue weighted by Crippen LogP contribution is 2.25. The van der Waals surface area contributed by atoms with Crippen LogP contribution in [0.25, 0.3) is 0 Å². The van der Waals surface area contributed by atoms with Gasteiger partial charge in [0.25, 0.3) is 0 Å². The van der Waals surface area contributed by atoms with E-state index in [1.54, 1.807) is 12.1 Å². The number of phenols is 1. The smallest absolute Gasteiger partial charge is 0.249 e. The number of rotatable bonds is 17. The number of guanidine groups is 1. The molecule has 1 heterocycles. The fraction of sp³-hybridized carbons (Fsp3) is 0.514. The zero-order valence-electron chi connectivity index (χ0n) is 28.9. The fourth-order valence-corrected chi connectivity index (χ4v) is 5.47. The third-order valence-electron chi connectivity index (χ3n) is 8.29. The lowest BCUT2D eigenvalue weighted by molar-refractivity contribution is -0.130. The monoisotopic (exact) mass is 663 g/mol. The summed E-state index contributed by atoms with van der Waals surface area (Å²) in [5.41, 5.74) is 22.0. The summed E-state index contributed by atoms with van der Waals surface area (Å²) in [6.45, 7) is 11.1. The van der Waals surface area contributed by atoms with Crippen LogP contribution in [0.1, 0.15) is 98.4 Å². The number of hydrogen-bond donors (Lipinski definition) is 8. The lowest BCUT2D eigenvalue weighted by Gasteiger charge is -2.24. The molecule has 48 heavy (non-hydrogen) atoms. The van der Waals surface area contributed by atoms with Crippen molar-refractivity contribution in [1.82, 2.24) is 26.1 Å². The van der Waals surface area contributed by atoms with Gasteiger partial charge < -0.3 is 42.8 Å². The number of hydrogen-bond acceptors (Lipinski definition) is 9. The molecule has 3 aromatic rings. The molecule has 13 heteroatoms. The summed E-state index contributed by atoms with van der Waals surface area (Å²) in [5, 5.41) is 30.1. The normalized spacial score (nSPS) is 13.4. The molecule has 2 aromatic carbocycles. The fourth-order valence-electron chi connectivity index (χ4n) is 5.47. The highest BCUT2D eigenvalue weighted by molar-refractivity contribution is 5.90. The molecule has 1 aromatic heterocycles. The van der Waals surface area contributed by atoms with Crippen LogP contribution in [0.3, 0.4) is 0 Å². The first kappa shape index (κ1) is 38.0. The highest BCUT2D eigenvalue weighted by atomic mass is 16.5. The van der Waals surface area contributed by atoms with Crippen molar-refractivity contribution in [3.05, 3.63) is 75.9 Å². The molecule has 3 atom stereocenters. The van der Waals surface area contributed by atoms with Gasteiger partial charge in [0.1, 0.15) is 17.8 Å². The lowest BCUT2D eigenvalue weighted by atomic mass is 9.86. The molecule has 3 rings (SSSR count). The summed E-state index contributed by atoms with van der Waals surface area (Å²) in [4.78, 5) is 31.8. The highest BCUT2D eigenvalue weighted by Gasteiger charge is 2.29. The minimum Gasteiger partial charge on any atom is -0.508 e. The van der Waals surface area contributed by atoms with Gasteiger partial charge in [-0.3, -0.25) is 15.0 Å². The number of carbonyl (C=O) groups excluding carboxylic acids is 2. The average Bonchev–Trinajstić information content (AvgIpc) is 3.47. The number of benzene rings is 2. The molecule has 3 unspecified atom stereocenters. The van der Waals surface area contributed by atoms with Gasteiger partial charge >= 0.3 is 0 Å². The Morgan fingerprint density at radius 3 is 2.27 bits per heavy atom. The van der Waals surface area contributed by atoms with Crippen LogP contribution in [0.4, 0.5) is 0 Å². The topological polar surface area (TPSA) is 231 Å². The molecule has 0 saturated carbocycles. The summed E-state index contributed by atoms with van der Waals surface area (Å²) in [6, 6.07) is 9.10. The Hall–Kier alpha value is -4.49. The maximum absolute atomic E-state index is 14.0. The standard InChI is InChI=1S/C35H53N9O4/c1-21-17-25(45)18-22(2)26(21)20-29(42-31(46)27(37)9-8-16-40-34(38)39)32(47)41-28(10-6-7-15-36)33-43-30(44-48-33)19-23-11-13-24(14-12-23)35(3,4)5/h11-14,17-18,27-29,45H,6-10,15-16,19-20,36-37H2,1-5H3,(H,41,47)(H,42,46)(H4,38,39,40). The molecular weight excluding hydrogens is 610 g/mol. The molecule has 2 amide bonds. The Morgan fingerprint density at radius 1 is 1.00 bits per heavy atom. The van der Waals surface area contributed by atoms with Gasteiger partial charge in [-0.1, -0.05) is 50.2 Å². The Morgan fingerprint density at radius 2 is 1.67 bits per heavy atom. The molecule has 11 N–H and O–H groups in total. The van der Waals surface area contributed by atoms with Crippen molar-refractivity contribution in [2.45, 2.75) is 103 Å². The summed E-state index contributed by atoms with van der Waals surface area (Å²) in [6.07, 6.45) is 3.42. The lowest BCUT2D eigenvalue weighted by Crippen LogP contribution is -2.53. The molecule has 262 valence electrons. The van der Waals surface area contributed by atoms with Gasteiger partial charge in [-0.25, -0.2) is 0 Å². The number of aromatic nitrogens is 2. The number of nitrogens with two attached hydrogens (primary N) is 3. The second kappa shape index (κ2) is 17.6. The van der Waals surface area contributed by atoms with Gasteiger partial charge in [-0.15, -0.1) is 0 Å². The zero-order valence-corrected chi connectivity index (χ0v) is 28.9. The van der Waals surface area contributed by atoms with Gasteiger partial charge in [-0.05, 0) is 97.9 Å². The SMILES string of the molecule is Cc1cc(O)cc(C)c1CC(NC(=O)C(N)CCCNC(=N)N)C(=O)NC(CCCCN)c1nc(Cc2ccc(C(C)(C)C)cc2)no1. The number of phenolic OH excluding ortho intramolecular Hbond substituents is 1. The molecule has 0 fully saturated rings. The van der Waals surface area contributed by atoms with Crippen molar-refractivity contribution < 1.29 is 19.2 Å². The van der Waals surface area contributed by atoms with Gasteiger partial charge in [0.2, 0.25) is 17.7 Å². The summed E-state index contributed by atoms with van der Waals surface area (Å²) < 4.78 is 5.68. The quantitative estimate of drug-likeness (QED) is 0.0598. The minimum atomic E-state index is -0.985. The van der Waals surface area contributed by atoms with Gasteiger partial charge in [0.15, 0.2) is 11.8 Å². The van der Waals surface area contributed by atoms with Gasteiger partial charge in [0, 0.05) is 19.4 Å². The van der Waals surface area contributed by atoms with Gasteiger partial charge in [-0.2, -0.15) is 4.98 Å². The predicted octanol–water partition coefficient (Wildman–Crippen LogP) is 2.88. The van der Waals surface area contributed by atoms with E-state index in [1.807, 2.05) is 13.8 Å². The predicted molar refractivity (Wildman–Crippen MR) is 186 cm³/mol. The van der Waals surface area contributed by atoms with E-state index in [2.05, 4.69) is 71.1 Å². The van der Waals surface area contributed by atoms with Gasteiger partial charge in [0.05, 0.1) is 6.04 Å². The Balaban J connectivity index is 1.82. The van der Waals surface area contributed by atoms with E-state index in [-0.39, 0.29) is 29.4 Å². The van der Waals surface area contributed by atoms with Crippen LogP contribution in [-0.2, 0) is 27.8 Å². The molecule has 0 spiro atoms. The molecule has 13 nitrogen and oxygen atoms in total. The van der Waals surface area contributed by atoms with Crippen LogP contribution < -0.4 is 33.2 Å². The number of aryl methyl sites for hydroxylation is 2.